The standard InChI is InChI=1S/C34H35N5O8/c1-46-27-14-11-23-29(30(27)47-2)34(43)38-25-9-6-5-8-22(25)32(41)36(31(23)38)15-7-3-4-10-28(40)35-17-20-16-21(19-35)24-12-13-26(39(44)45)33(42)37(24)18-20/h5-6,8-9,11-14,20-21,31H,3-4,7,10,15-19H2,1-2H3. The Morgan fingerprint density at radius 3 is 2.51 bits per heavy atom. The Hall–Kier alpha value is -5.20. The maximum Gasteiger partial charge on any atom is 0.334 e. The summed E-state index contributed by atoms with van der Waals surface area (Å²) in [6.45, 7) is 1.76. The van der Waals surface area contributed by atoms with Gasteiger partial charge in [-0.15, -0.1) is 0 Å². The third-order valence-electron chi connectivity index (χ3n) is 9.91. The van der Waals surface area contributed by atoms with Gasteiger partial charge in [0.2, 0.25) is 5.91 Å². The van der Waals surface area contributed by atoms with E-state index in [2.05, 4.69) is 0 Å². The van der Waals surface area contributed by atoms with Gasteiger partial charge in [0.15, 0.2) is 11.5 Å². The van der Waals surface area contributed by atoms with Crippen molar-refractivity contribution in [3.8, 4) is 11.5 Å². The van der Waals surface area contributed by atoms with Crippen LogP contribution < -0.4 is 19.9 Å². The van der Waals surface area contributed by atoms with Gasteiger partial charge in [-0.05, 0) is 49.4 Å². The lowest BCUT2D eigenvalue weighted by atomic mass is 9.83. The number of likely N-dealkylation sites (tertiary alicyclic amines) is 1. The highest BCUT2D eigenvalue weighted by Gasteiger charge is 2.49. The maximum absolute atomic E-state index is 13.9. The van der Waals surface area contributed by atoms with Crippen molar-refractivity contribution in [2.24, 2.45) is 5.92 Å². The summed E-state index contributed by atoms with van der Waals surface area (Å²) in [4.78, 5) is 69.5. The molecule has 2 aromatic carbocycles. The van der Waals surface area contributed by atoms with Crippen molar-refractivity contribution < 1.29 is 28.8 Å². The van der Waals surface area contributed by atoms with Crippen molar-refractivity contribution in [3.05, 3.63) is 91.4 Å². The van der Waals surface area contributed by atoms with Gasteiger partial charge in [0.25, 0.3) is 11.8 Å². The van der Waals surface area contributed by atoms with E-state index in [0.29, 0.717) is 85.7 Å². The number of pyridine rings is 1. The number of nitrogens with zero attached hydrogens (tertiary/aromatic N) is 5. The number of piperidine rings is 1. The molecule has 3 aromatic rings. The number of aromatic nitrogens is 1. The minimum atomic E-state index is -0.646. The molecule has 3 unspecified atom stereocenters. The summed E-state index contributed by atoms with van der Waals surface area (Å²) >= 11 is 0. The first-order valence-corrected chi connectivity index (χ1v) is 15.9. The second-order valence-corrected chi connectivity index (χ2v) is 12.6. The molecule has 47 heavy (non-hydrogen) atoms. The zero-order valence-corrected chi connectivity index (χ0v) is 26.2. The van der Waals surface area contributed by atoms with Gasteiger partial charge >= 0.3 is 11.2 Å². The molecule has 0 aliphatic carbocycles. The van der Waals surface area contributed by atoms with Crippen LogP contribution in [0, 0.1) is 16.0 Å². The summed E-state index contributed by atoms with van der Waals surface area (Å²) in [6.07, 6.45) is 2.57. The quantitative estimate of drug-likeness (QED) is 0.193. The molecule has 7 rings (SSSR count). The van der Waals surface area contributed by atoms with Gasteiger partial charge in [0.1, 0.15) is 6.17 Å². The molecule has 2 bridgehead atoms. The molecule has 5 heterocycles. The van der Waals surface area contributed by atoms with E-state index in [0.717, 1.165) is 12.1 Å². The minimum Gasteiger partial charge on any atom is -0.493 e. The van der Waals surface area contributed by atoms with Crippen molar-refractivity contribution in [2.75, 3.05) is 38.8 Å². The first-order valence-electron chi connectivity index (χ1n) is 15.9. The van der Waals surface area contributed by atoms with E-state index in [1.807, 2.05) is 17.0 Å². The summed E-state index contributed by atoms with van der Waals surface area (Å²) in [5.41, 5.74) is 1.83. The van der Waals surface area contributed by atoms with Crippen LogP contribution in [-0.2, 0) is 11.3 Å². The fraction of sp³-hybridized carbons (Fsp3) is 0.412. The lowest BCUT2D eigenvalue weighted by molar-refractivity contribution is -0.386. The van der Waals surface area contributed by atoms with E-state index in [9.17, 15) is 29.3 Å². The number of anilines is 1. The number of methoxy groups -OCH3 is 2. The number of carbonyl (C=O) groups is 3. The highest BCUT2D eigenvalue weighted by Crippen LogP contribution is 2.49. The average molecular weight is 642 g/mol. The number of amides is 3. The van der Waals surface area contributed by atoms with Crippen LogP contribution in [0.1, 0.15) is 76.2 Å². The first-order chi connectivity index (χ1) is 22.7. The number of fused-ring (bicyclic) bond motifs is 9. The molecule has 4 aliphatic heterocycles. The Morgan fingerprint density at radius 1 is 0.936 bits per heavy atom. The highest BCUT2D eigenvalue weighted by molar-refractivity contribution is 6.18. The molecule has 0 N–H and O–H groups in total. The van der Waals surface area contributed by atoms with Crippen molar-refractivity contribution in [2.45, 2.75) is 50.7 Å². The summed E-state index contributed by atoms with van der Waals surface area (Å²) in [5, 5.41) is 11.2. The van der Waals surface area contributed by atoms with E-state index < -0.39 is 22.3 Å². The van der Waals surface area contributed by atoms with Gasteiger partial charge in [-0.2, -0.15) is 0 Å². The summed E-state index contributed by atoms with van der Waals surface area (Å²) in [6, 6.07) is 13.6. The molecule has 3 atom stereocenters. The first kappa shape index (κ1) is 30.5. The average Bonchev–Trinajstić information content (AvgIpc) is 3.37. The van der Waals surface area contributed by atoms with Crippen molar-refractivity contribution in [1.82, 2.24) is 14.4 Å². The third kappa shape index (κ3) is 4.91. The second kappa shape index (κ2) is 11.9. The van der Waals surface area contributed by atoms with Crippen LogP contribution in [0.5, 0.6) is 11.5 Å². The Balaban J connectivity index is 1.01. The van der Waals surface area contributed by atoms with Crippen molar-refractivity contribution in [1.29, 1.82) is 0 Å². The van der Waals surface area contributed by atoms with Crippen LogP contribution in [0.4, 0.5) is 11.4 Å². The monoisotopic (exact) mass is 641 g/mol. The number of hydrogen-bond acceptors (Lipinski definition) is 8. The number of unbranched alkanes of at least 4 members (excludes halogenated alkanes) is 2. The summed E-state index contributed by atoms with van der Waals surface area (Å²) in [7, 11) is 3.01. The number of ether oxygens (including phenoxy) is 2. The van der Waals surface area contributed by atoms with E-state index in [1.165, 1.54) is 24.9 Å². The van der Waals surface area contributed by atoms with Crippen LogP contribution in [-0.4, -0.2) is 70.9 Å². The van der Waals surface area contributed by atoms with Gasteiger partial charge in [-0.1, -0.05) is 24.6 Å². The Morgan fingerprint density at radius 2 is 1.74 bits per heavy atom. The SMILES string of the molecule is COc1ccc2c(c1OC)C(=O)N1c3ccccc3C(=O)N(CCCCCC(=O)N3CC4CC(C3)c3ccc([N+](=O)[O-])c(=O)n3C4)C21. The predicted molar refractivity (Wildman–Crippen MR) is 170 cm³/mol. The molecule has 1 saturated heterocycles. The molecule has 244 valence electrons. The fourth-order valence-electron chi connectivity index (χ4n) is 7.82. The normalized spacial score (nSPS) is 20.7. The van der Waals surface area contributed by atoms with Crippen LogP contribution in [0.15, 0.2) is 53.3 Å². The molecule has 1 fully saturated rings. The van der Waals surface area contributed by atoms with E-state index in [-0.39, 0.29) is 29.6 Å². The molecular formula is C34H35N5O8. The number of nitro groups is 1. The zero-order chi connectivity index (χ0) is 33.0. The van der Waals surface area contributed by atoms with E-state index in [4.69, 9.17) is 9.47 Å². The van der Waals surface area contributed by atoms with Crippen LogP contribution in [0.25, 0.3) is 0 Å². The van der Waals surface area contributed by atoms with Crippen molar-refractivity contribution in [3.63, 3.8) is 0 Å². The number of rotatable bonds is 9. The number of carbonyl (C=O) groups excluding carboxylic acids is 3. The van der Waals surface area contributed by atoms with Gasteiger partial charge < -0.3 is 23.8 Å². The highest BCUT2D eigenvalue weighted by atomic mass is 16.6. The number of para-hydroxylation sites is 1. The van der Waals surface area contributed by atoms with Gasteiger partial charge in [-0.25, -0.2) is 0 Å². The molecule has 0 radical (unpaired) electrons. The molecule has 13 nitrogen and oxygen atoms in total. The number of hydrogen-bond donors (Lipinski definition) is 0. The molecule has 1 aromatic heterocycles. The van der Waals surface area contributed by atoms with Gasteiger partial charge in [0.05, 0.1) is 36.0 Å². The minimum absolute atomic E-state index is 0.0357. The van der Waals surface area contributed by atoms with Crippen LogP contribution in [0.2, 0.25) is 0 Å². The number of benzene rings is 2. The van der Waals surface area contributed by atoms with E-state index >= 15 is 0 Å². The molecule has 4 aliphatic rings. The predicted octanol–water partition coefficient (Wildman–Crippen LogP) is 4.09. The molecule has 13 heteroatoms. The van der Waals surface area contributed by atoms with Crippen LogP contribution >= 0.6 is 0 Å². The summed E-state index contributed by atoms with van der Waals surface area (Å²) < 4.78 is 12.6. The zero-order valence-electron chi connectivity index (χ0n) is 26.2. The molecular weight excluding hydrogens is 606 g/mol. The fourth-order valence-corrected chi connectivity index (χ4v) is 7.82. The topological polar surface area (TPSA) is 145 Å². The van der Waals surface area contributed by atoms with Gasteiger partial charge in [-0.3, -0.25) is 34.2 Å². The lowest BCUT2D eigenvalue weighted by Crippen LogP contribution is -2.49. The third-order valence-corrected chi connectivity index (χ3v) is 9.91. The Kier molecular flexibility index (Phi) is 7.69. The van der Waals surface area contributed by atoms with E-state index in [1.54, 1.807) is 40.1 Å². The largest absolute Gasteiger partial charge is 0.493 e. The van der Waals surface area contributed by atoms with Gasteiger partial charge in [0, 0.05) is 55.8 Å². The smallest absolute Gasteiger partial charge is 0.334 e. The second-order valence-electron chi connectivity index (χ2n) is 12.6. The Labute approximate surface area is 270 Å². The van der Waals surface area contributed by atoms with Crippen molar-refractivity contribution >= 4 is 29.1 Å². The molecule has 0 spiro atoms. The lowest BCUT2D eigenvalue weighted by Gasteiger charge is -2.42. The Bertz CT molecular complexity index is 1870. The molecule has 0 saturated carbocycles. The maximum atomic E-state index is 13.9. The van der Waals surface area contributed by atoms with Crippen LogP contribution in [0.3, 0.4) is 0 Å². The summed E-state index contributed by atoms with van der Waals surface area (Å²) in [5.74, 6) is 0.443. The molecule has 3 amide bonds.